The molecular formula is C29H46O7. The van der Waals surface area contributed by atoms with Crippen LogP contribution in [0.3, 0.4) is 0 Å². The molecule has 7 heteroatoms. The number of aliphatic hydroxyl groups excluding tert-OH is 1. The van der Waals surface area contributed by atoms with Crippen LogP contribution in [0, 0.1) is 11.8 Å². The molecule has 4 atom stereocenters. The number of unbranched alkanes of at least 4 members (excludes halogenated alkanes) is 3. The molecule has 0 spiro atoms. The lowest BCUT2D eigenvalue weighted by molar-refractivity contribution is -0.143. The standard InChI is InChI=1S/C29H46O7/c1-6-7-8-9-13-26(34-22-31-4)25(30)12-10-14-27-28(36-29(2,3)35-27)15-11-20-33-21-23-16-18-24(32-5)19-17-23/h16-19,25-28,30H,6-9,11-13,15,20-22H2,1-5H3/t25-,26-,27+,28+/m0/s1. The maximum atomic E-state index is 10.7. The number of methoxy groups -OCH3 is 2. The van der Waals surface area contributed by atoms with Gasteiger partial charge in [0.05, 0.1) is 32.0 Å². The van der Waals surface area contributed by atoms with E-state index in [-0.39, 0.29) is 25.1 Å². The molecule has 0 saturated carbocycles. The fourth-order valence-electron chi connectivity index (χ4n) is 4.18. The molecule has 204 valence electrons. The molecule has 0 amide bonds. The summed E-state index contributed by atoms with van der Waals surface area (Å²) >= 11 is 0. The highest BCUT2D eigenvalue weighted by molar-refractivity contribution is 5.26. The van der Waals surface area contributed by atoms with Crippen molar-refractivity contribution in [2.75, 3.05) is 27.6 Å². The minimum Gasteiger partial charge on any atom is -0.497 e. The van der Waals surface area contributed by atoms with Crippen molar-refractivity contribution in [1.82, 2.24) is 0 Å². The summed E-state index contributed by atoms with van der Waals surface area (Å²) in [5, 5.41) is 10.7. The minimum atomic E-state index is -0.685. The molecule has 0 unspecified atom stereocenters. The first-order chi connectivity index (χ1) is 17.4. The van der Waals surface area contributed by atoms with Crippen LogP contribution >= 0.6 is 0 Å². The first kappa shape index (κ1) is 30.6. The number of hydrogen-bond acceptors (Lipinski definition) is 7. The second-order valence-corrected chi connectivity index (χ2v) is 9.69. The van der Waals surface area contributed by atoms with E-state index < -0.39 is 11.9 Å². The van der Waals surface area contributed by atoms with Gasteiger partial charge in [0, 0.05) is 20.1 Å². The zero-order valence-electron chi connectivity index (χ0n) is 22.8. The van der Waals surface area contributed by atoms with Crippen LogP contribution in [0.15, 0.2) is 24.3 Å². The molecular weight excluding hydrogens is 460 g/mol. The summed E-state index contributed by atoms with van der Waals surface area (Å²) < 4.78 is 33.9. The van der Waals surface area contributed by atoms with Gasteiger partial charge in [0.25, 0.3) is 0 Å². The SMILES string of the molecule is CCCCCC[C@H](OCOC)[C@@H](O)CC#C[C@H]1OC(C)(C)O[C@@H]1CCCOCc1ccc(OC)cc1. The van der Waals surface area contributed by atoms with Crippen molar-refractivity contribution in [3.05, 3.63) is 29.8 Å². The van der Waals surface area contributed by atoms with Crippen LogP contribution in [-0.4, -0.2) is 62.9 Å². The fourth-order valence-corrected chi connectivity index (χ4v) is 4.18. The molecule has 1 N–H and O–H groups in total. The Morgan fingerprint density at radius 1 is 1.06 bits per heavy atom. The monoisotopic (exact) mass is 506 g/mol. The van der Waals surface area contributed by atoms with Gasteiger partial charge >= 0.3 is 0 Å². The van der Waals surface area contributed by atoms with Gasteiger partial charge < -0.3 is 33.5 Å². The van der Waals surface area contributed by atoms with E-state index in [4.69, 9.17) is 28.4 Å². The molecule has 0 aromatic heterocycles. The zero-order chi connectivity index (χ0) is 26.2. The second-order valence-electron chi connectivity index (χ2n) is 9.69. The predicted octanol–water partition coefficient (Wildman–Crippen LogP) is 5.23. The average molecular weight is 507 g/mol. The highest BCUT2D eigenvalue weighted by Gasteiger charge is 2.40. The van der Waals surface area contributed by atoms with Crippen LogP contribution < -0.4 is 4.74 Å². The molecule has 1 fully saturated rings. The van der Waals surface area contributed by atoms with Crippen molar-refractivity contribution in [3.8, 4) is 17.6 Å². The summed E-state index contributed by atoms with van der Waals surface area (Å²) in [6, 6.07) is 7.88. The average Bonchev–Trinajstić information content (AvgIpc) is 3.16. The summed E-state index contributed by atoms with van der Waals surface area (Å²) in [5.74, 6) is 6.46. The Kier molecular flexibility index (Phi) is 14.4. The molecule has 1 aromatic carbocycles. The summed E-state index contributed by atoms with van der Waals surface area (Å²) in [7, 11) is 3.24. The van der Waals surface area contributed by atoms with Crippen LogP contribution in [0.1, 0.15) is 77.7 Å². The molecule has 1 aliphatic rings. The number of aliphatic hydroxyl groups is 1. The molecule has 1 heterocycles. The van der Waals surface area contributed by atoms with Gasteiger partial charge in [0.1, 0.15) is 18.6 Å². The highest BCUT2D eigenvalue weighted by atomic mass is 16.7. The lowest BCUT2D eigenvalue weighted by Gasteiger charge is -2.21. The van der Waals surface area contributed by atoms with E-state index >= 15 is 0 Å². The van der Waals surface area contributed by atoms with Crippen LogP contribution in [0.4, 0.5) is 0 Å². The van der Waals surface area contributed by atoms with E-state index in [1.807, 2.05) is 38.1 Å². The summed E-state index contributed by atoms with van der Waals surface area (Å²) in [6.45, 7) is 7.34. The Balaban J connectivity index is 1.79. The maximum Gasteiger partial charge on any atom is 0.165 e. The predicted molar refractivity (Wildman–Crippen MR) is 140 cm³/mol. The van der Waals surface area contributed by atoms with Crippen molar-refractivity contribution in [2.45, 2.75) is 109 Å². The molecule has 0 aliphatic carbocycles. The van der Waals surface area contributed by atoms with E-state index in [1.165, 1.54) is 12.8 Å². The first-order valence-electron chi connectivity index (χ1n) is 13.2. The van der Waals surface area contributed by atoms with Gasteiger partial charge in [-0.3, -0.25) is 0 Å². The van der Waals surface area contributed by atoms with Gasteiger partial charge in [-0.1, -0.05) is 56.6 Å². The second kappa shape index (κ2) is 17.0. The van der Waals surface area contributed by atoms with Gasteiger partial charge in [0.2, 0.25) is 0 Å². The van der Waals surface area contributed by atoms with Crippen LogP contribution in [0.25, 0.3) is 0 Å². The number of hydrogen-bond donors (Lipinski definition) is 1. The number of ether oxygens (including phenoxy) is 6. The van der Waals surface area contributed by atoms with Crippen molar-refractivity contribution in [1.29, 1.82) is 0 Å². The summed E-state index contributed by atoms with van der Waals surface area (Å²) in [4.78, 5) is 0. The van der Waals surface area contributed by atoms with E-state index in [2.05, 4.69) is 18.8 Å². The zero-order valence-corrected chi connectivity index (χ0v) is 22.8. The molecule has 0 radical (unpaired) electrons. The number of benzene rings is 1. The third kappa shape index (κ3) is 11.6. The number of rotatable bonds is 17. The van der Waals surface area contributed by atoms with Gasteiger partial charge in [-0.25, -0.2) is 0 Å². The van der Waals surface area contributed by atoms with E-state index in [0.29, 0.717) is 19.6 Å². The quantitative estimate of drug-likeness (QED) is 0.176. The highest BCUT2D eigenvalue weighted by Crippen LogP contribution is 2.30. The lowest BCUT2D eigenvalue weighted by atomic mass is 10.0. The Hall–Kier alpha value is -1.66. The molecule has 1 saturated heterocycles. The third-order valence-electron chi connectivity index (χ3n) is 6.12. The molecule has 36 heavy (non-hydrogen) atoms. The van der Waals surface area contributed by atoms with Crippen molar-refractivity contribution in [2.24, 2.45) is 0 Å². The van der Waals surface area contributed by atoms with E-state index in [1.54, 1.807) is 14.2 Å². The largest absolute Gasteiger partial charge is 0.497 e. The van der Waals surface area contributed by atoms with Crippen molar-refractivity contribution >= 4 is 0 Å². The molecule has 1 aromatic rings. The third-order valence-corrected chi connectivity index (χ3v) is 6.12. The maximum absolute atomic E-state index is 10.7. The van der Waals surface area contributed by atoms with Gasteiger partial charge in [-0.2, -0.15) is 0 Å². The van der Waals surface area contributed by atoms with Crippen LogP contribution in [-0.2, 0) is 30.3 Å². The van der Waals surface area contributed by atoms with Crippen LogP contribution in [0.2, 0.25) is 0 Å². The molecule has 2 rings (SSSR count). The van der Waals surface area contributed by atoms with E-state index in [0.717, 1.165) is 43.4 Å². The van der Waals surface area contributed by atoms with Crippen molar-refractivity contribution < 1.29 is 33.5 Å². The Labute approximate surface area is 217 Å². The molecule has 0 bridgehead atoms. The molecule has 7 nitrogen and oxygen atoms in total. The van der Waals surface area contributed by atoms with Gasteiger partial charge in [0.15, 0.2) is 5.79 Å². The van der Waals surface area contributed by atoms with Crippen molar-refractivity contribution in [3.63, 3.8) is 0 Å². The lowest BCUT2D eigenvalue weighted by Crippen LogP contribution is -2.29. The topological polar surface area (TPSA) is 75.6 Å². The minimum absolute atomic E-state index is 0.135. The summed E-state index contributed by atoms with van der Waals surface area (Å²) in [6.07, 6.45) is 5.82. The Morgan fingerprint density at radius 3 is 2.53 bits per heavy atom. The fraction of sp³-hybridized carbons (Fsp3) is 0.724. The molecule has 1 aliphatic heterocycles. The van der Waals surface area contributed by atoms with E-state index in [9.17, 15) is 5.11 Å². The normalized spacial score (nSPS) is 20.5. The summed E-state index contributed by atoms with van der Waals surface area (Å²) in [5.41, 5.74) is 1.11. The van der Waals surface area contributed by atoms with Gasteiger partial charge in [-0.15, -0.1) is 0 Å². The Bertz CT molecular complexity index is 768. The first-order valence-corrected chi connectivity index (χ1v) is 13.2. The smallest absolute Gasteiger partial charge is 0.165 e. The van der Waals surface area contributed by atoms with Crippen LogP contribution in [0.5, 0.6) is 5.75 Å². The Morgan fingerprint density at radius 2 is 1.83 bits per heavy atom. The van der Waals surface area contributed by atoms with Gasteiger partial charge in [-0.05, 0) is 50.8 Å².